The van der Waals surface area contributed by atoms with Crippen LogP contribution in [0.4, 0.5) is 17.6 Å². The molecule has 1 saturated heterocycles. The SMILES string of the molecule is O=C(O)CC1SC(=NN=Cc2cc(F)cc(OC(F)(F)F)c2)NC1=O. The normalized spacial score (nSPS) is 19.4. The number of aliphatic carboxylic acids is 1. The Morgan fingerprint density at radius 3 is 2.76 bits per heavy atom. The molecule has 1 aliphatic rings. The number of nitrogens with one attached hydrogen (secondary N) is 1. The number of benzene rings is 1. The predicted octanol–water partition coefficient (Wildman–Crippen LogP) is 2.12. The van der Waals surface area contributed by atoms with Crippen LogP contribution in [0, 0.1) is 5.82 Å². The Bertz CT molecular complexity index is 751. The molecule has 1 heterocycles. The molecule has 7 nitrogen and oxygen atoms in total. The molecular weight excluding hydrogens is 370 g/mol. The van der Waals surface area contributed by atoms with Crippen LogP contribution in [-0.2, 0) is 9.59 Å². The quantitative estimate of drug-likeness (QED) is 0.464. The van der Waals surface area contributed by atoms with Crippen LogP contribution in [-0.4, -0.2) is 40.0 Å². The van der Waals surface area contributed by atoms with Crippen LogP contribution in [0.1, 0.15) is 12.0 Å². The third kappa shape index (κ3) is 6.06. The minimum Gasteiger partial charge on any atom is -0.481 e. The summed E-state index contributed by atoms with van der Waals surface area (Å²) in [6, 6.07) is 2.36. The summed E-state index contributed by atoms with van der Waals surface area (Å²) in [7, 11) is 0. The van der Waals surface area contributed by atoms with Crippen LogP contribution in [0.2, 0.25) is 0 Å². The summed E-state index contributed by atoms with van der Waals surface area (Å²) in [4.78, 5) is 22.1. The molecule has 1 atom stereocenters. The fraction of sp³-hybridized carbons (Fsp3) is 0.231. The second-order valence-electron chi connectivity index (χ2n) is 4.61. The molecule has 2 rings (SSSR count). The number of alkyl halides is 3. The number of carbonyl (C=O) groups excluding carboxylic acids is 1. The highest BCUT2D eigenvalue weighted by Crippen LogP contribution is 2.24. The monoisotopic (exact) mass is 379 g/mol. The summed E-state index contributed by atoms with van der Waals surface area (Å²) < 4.78 is 53.3. The Balaban J connectivity index is 2.07. The zero-order valence-corrected chi connectivity index (χ0v) is 12.9. The third-order valence-electron chi connectivity index (χ3n) is 2.62. The maximum Gasteiger partial charge on any atom is 0.573 e. The van der Waals surface area contributed by atoms with E-state index in [4.69, 9.17) is 5.11 Å². The molecule has 0 radical (unpaired) electrons. The molecule has 134 valence electrons. The van der Waals surface area contributed by atoms with E-state index in [2.05, 4.69) is 20.3 Å². The van der Waals surface area contributed by atoms with E-state index in [1.807, 2.05) is 0 Å². The molecule has 1 aromatic carbocycles. The summed E-state index contributed by atoms with van der Waals surface area (Å²) in [6.07, 6.45) is -4.41. The summed E-state index contributed by atoms with van der Waals surface area (Å²) >= 11 is 0.844. The Morgan fingerprint density at radius 1 is 1.40 bits per heavy atom. The van der Waals surface area contributed by atoms with Gasteiger partial charge in [-0.25, -0.2) is 4.39 Å². The van der Waals surface area contributed by atoms with Crippen molar-refractivity contribution in [3.8, 4) is 5.75 Å². The van der Waals surface area contributed by atoms with Crippen LogP contribution in [0.5, 0.6) is 5.75 Å². The van der Waals surface area contributed by atoms with Gasteiger partial charge in [0, 0.05) is 11.6 Å². The van der Waals surface area contributed by atoms with Crippen molar-refractivity contribution in [2.45, 2.75) is 18.0 Å². The highest BCUT2D eigenvalue weighted by molar-refractivity contribution is 8.15. The van der Waals surface area contributed by atoms with Gasteiger partial charge in [0.15, 0.2) is 5.17 Å². The number of rotatable bonds is 5. The van der Waals surface area contributed by atoms with Crippen molar-refractivity contribution in [2.75, 3.05) is 0 Å². The van der Waals surface area contributed by atoms with Crippen molar-refractivity contribution in [2.24, 2.45) is 10.2 Å². The first-order valence-electron chi connectivity index (χ1n) is 6.49. The molecule has 2 N–H and O–H groups in total. The second-order valence-corrected chi connectivity index (χ2v) is 5.80. The number of hydrogen-bond donors (Lipinski definition) is 2. The molecule has 1 amide bonds. The number of thioether (sulfide) groups is 1. The number of amidine groups is 1. The number of hydrogen-bond acceptors (Lipinski definition) is 6. The lowest BCUT2D eigenvalue weighted by Crippen LogP contribution is -2.26. The maximum atomic E-state index is 13.3. The summed E-state index contributed by atoms with van der Waals surface area (Å²) in [6.45, 7) is 0. The number of ether oxygens (including phenoxy) is 1. The molecule has 12 heteroatoms. The number of carboxylic acid groups (broad SMARTS) is 1. The van der Waals surface area contributed by atoms with Crippen molar-refractivity contribution in [3.63, 3.8) is 0 Å². The largest absolute Gasteiger partial charge is 0.573 e. The highest BCUT2D eigenvalue weighted by Gasteiger charge is 2.32. The van der Waals surface area contributed by atoms with Crippen LogP contribution in [0.3, 0.4) is 0 Å². The van der Waals surface area contributed by atoms with Gasteiger partial charge in [-0.2, -0.15) is 5.10 Å². The average Bonchev–Trinajstić information content (AvgIpc) is 2.75. The molecule has 1 aromatic rings. The van der Waals surface area contributed by atoms with Crippen LogP contribution < -0.4 is 10.1 Å². The van der Waals surface area contributed by atoms with Gasteiger partial charge < -0.3 is 15.2 Å². The van der Waals surface area contributed by atoms with Gasteiger partial charge in [-0.1, -0.05) is 11.8 Å². The summed E-state index contributed by atoms with van der Waals surface area (Å²) in [5.41, 5.74) is -0.0555. The Labute approximate surface area is 141 Å². The van der Waals surface area contributed by atoms with E-state index in [-0.39, 0.29) is 10.7 Å². The fourth-order valence-corrected chi connectivity index (χ4v) is 2.66. The van der Waals surface area contributed by atoms with E-state index < -0.39 is 41.5 Å². The zero-order valence-electron chi connectivity index (χ0n) is 12.1. The first-order chi connectivity index (χ1) is 11.6. The molecule has 25 heavy (non-hydrogen) atoms. The number of amides is 1. The lowest BCUT2D eigenvalue weighted by atomic mass is 10.2. The van der Waals surface area contributed by atoms with E-state index in [9.17, 15) is 27.2 Å². The van der Waals surface area contributed by atoms with E-state index in [0.29, 0.717) is 6.07 Å². The lowest BCUT2D eigenvalue weighted by molar-refractivity contribution is -0.274. The minimum absolute atomic E-state index is 0.0238. The molecule has 0 saturated carbocycles. The zero-order chi connectivity index (χ0) is 18.6. The predicted molar refractivity (Wildman–Crippen MR) is 79.9 cm³/mol. The highest BCUT2D eigenvalue weighted by atomic mass is 32.2. The smallest absolute Gasteiger partial charge is 0.481 e. The average molecular weight is 379 g/mol. The van der Waals surface area contributed by atoms with Crippen molar-refractivity contribution in [1.29, 1.82) is 0 Å². The van der Waals surface area contributed by atoms with E-state index in [1.54, 1.807) is 0 Å². The van der Waals surface area contributed by atoms with Gasteiger partial charge in [0.25, 0.3) is 0 Å². The number of carbonyl (C=O) groups is 2. The minimum atomic E-state index is -4.97. The topological polar surface area (TPSA) is 100 Å². The van der Waals surface area contributed by atoms with Gasteiger partial charge in [0.1, 0.15) is 16.8 Å². The van der Waals surface area contributed by atoms with Crippen molar-refractivity contribution in [3.05, 3.63) is 29.6 Å². The molecule has 0 aliphatic carbocycles. The standard InChI is InChI=1S/C13H9F4N3O4S/c14-7-1-6(2-8(3-7)24-13(15,16)17)5-18-20-12-19-11(23)9(25-12)4-10(21)22/h1-3,5,9H,4H2,(H,21,22)(H,19,20,23). The van der Waals surface area contributed by atoms with E-state index in [1.165, 1.54) is 0 Å². The van der Waals surface area contributed by atoms with Gasteiger partial charge in [-0.3, -0.25) is 9.59 Å². The van der Waals surface area contributed by atoms with Crippen LogP contribution in [0.15, 0.2) is 28.4 Å². The third-order valence-corrected chi connectivity index (χ3v) is 3.69. The molecule has 1 aliphatic heterocycles. The molecule has 0 aromatic heterocycles. The number of carboxylic acids is 1. The van der Waals surface area contributed by atoms with Crippen LogP contribution in [0.25, 0.3) is 0 Å². The van der Waals surface area contributed by atoms with Crippen LogP contribution >= 0.6 is 11.8 Å². The van der Waals surface area contributed by atoms with Crippen molar-refractivity contribution < 1.29 is 37.0 Å². The maximum absolute atomic E-state index is 13.3. The van der Waals surface area contributed by atoms with Crippen molar-refractivity contribution in [1.82, 2.24) is 5.32 Å². The molecule has 0 bridgehead atoms. The Morgan fingerprint density at radius 2 is 2.12 bits per heavy atom. The molecule has 1 fully saturated rings. The van der Waals surface area contributed by atoms with Gasteiger partial charge in [0.2, 0.25) is 5.91 Å². The van der Waals surface area contributed by atoms with E-state index >= 15 is 0 Å². The van der Waals surface area contributed by atoms with Gasteiger partial charge >= 0.3 is 12.3 Å². The second kappa shape index (κ2) is 7.51. The first-order valence-corrected chi connectivity index (χ1v) is 7.37. The molecule has 1 unspecified atom stereocenters. The van der Waals surface area contributed by atoms with Gasteiger partial charge in [-0.05, 0) is 12.1 Å². The summed E-state index contributed by atoms with van der Waals surface area (Å²) in [5.74, 6) is -3.44. The Kier molecular flexibility index (Phi) is 5.62. The van der Waals surface area contributed by atoms with Crippen molar-refractivity contribution >= 4 is 35.0 Å². The number of halogens is 4. The van der Waals surface area contributed by atoms with Gasteiger partial charge in [0.05, 0.1) is 12.6 Å². The first kappa shape index (κ1) is 18.7. The summed E-state index contributed by atoms with van der Waals surface area (Å²) in [5, 5.41) is 17.2. The van der Waals surface area contributed by atoms with Gasteiger partial charge in [-0.15, -0.1) is 18.3 Å². The molecular formula is C13H9F4N3O4S. The number of nitrogens with zero attached hydrogens (tertiary/aromatic N) is 2. The molecule has 0 spiro atoms. The fourth-order valence-electron chi connectivity index (χ4n) is 1.74. The Hall–Kier alpha value is -2.63. The van der Waals surface area contributed by atoms with E-state index in [0.717, 1.165) is 30.1 Å². The lowest BCUT2D eigenvalue weighted by Gasteiger charge is -2.09.